The molecule has 1 heterocycles. The van der Waals surface area contributed by atoms with Gasteiger partial charge in [0.2, 0.25) is 0 Å². The van der Waals surface area contributed by atoms with E-state index in [1.165, 1.54) is 0 Å². The van der Waals surface area contributed by atoms with Crippen LogP contribution in [0.15, 0.2) is 34.8 Å². The zero-order chi connectivity index (χ0) is 13.1. The number of nitrogens with two attached hydrogens (primary N) is 1. The van der Waals surface area contributed by atoms with E-state index in [-0.39, 0.29) is 6.04 Å². The highest BCUT2D eigenvalue weighted by atomic mass is 79.9. The van der Waals surface area contributed by atoms with Crippen LogP contribution in [0.1, 0.15) is 25.6 Å². The summed E-state index contributed by atoms with van der Waals surface area (Å²) in [6.45, 7) is 4.51. The maximum absolute atomic E-state index is 5.87. The first-order chi connectivity index (χ1) is 8.56. The van der Waals surface area contributed by atoms with E-state index in [4.69, 9.17) is 10.5 Å². The Bertz CT molecular complexity index is 520. The molecule has 0 saturated heterocycles. The van der Waals surface area contributed by atoms with Gasteiger partial charge in [-0.3, -0.25) is 0 Å². The zero-order valence-electron chi connectivity index (χ0n) is 10.4. The Balaban J connectivity index is 2.02. The second kappa shape index (κ2) is 5.44. The van der Waals surface area contributed by atoms with Crippen LogP contribution in [0.4, 0.5) is 5.82 Å². The second-order valence-electron chi connectivity index (χ2n) is 4.34. The molecule has 0 atom stereocenters. The zero-order valence-corrected chi connectivity index (χ0v) is 12.0. The Hall–Kier alpha value is -1.49. The van der Waals surface area contributed by atoms with Gasteiger partial charge in [0.25, 0.3) is 0 Å². The lowest BCUT2D eigenvalue weighted by molar-refractivity contribution is 0.298. The fourth-order valence-electron chi connectivity index (χ4n) is 1.63. The summed E-state index contributed by atoms with van der Waals surface area (Å²) in [6.07, 6.45) is 0. The summed E-state index contributed by atoms with van der Waals surface area (Å²) in [5, 5.41) is 4.40. The largest absolute Gasteiger partial charge is 0.487 e. The van der Waals surface area contributed by atoms with Gasteiger partial charge in [0.15, 0.2) is 0 Å². The normalized spacial score (nSPS) is 10.9. The van der Waals surface area contributed by atoms with Gasteiger partial charge in [-0.2, -0.15) is 5.10 Å². The van der Waals surface area contributed by atoms with Gasteiger partial charge in [-0.15, -0.1) is 0 Å². The lowest BCUT2D eigenvalue weighted by Gasteiger charge is -2.07. The van der Waals surface area contributed by atoms with E-state index in [9.17, 15) is 0 Å². The maximum atomic E-state index is 5.87. The number of benzene rings is 1. The van der Waals surface area contributed by atoms with Gasteiger partial charge in [0.1, 0.15) is 23.9 Å². The van der Waals surface area contributed by atoms with Gasteiger partial charge in [0.05, 0.1) is 0 Å². The number of anilines is 1. The number of nitrogen functional groups attached to an aromatic ring is 1. The molecule has 0 bridgehead atoms. The molecule has 0 spiro atoms. The average Bonchev–Trinajstić information content (AvgIpc) is 2.70. The van der Waals surface area contributed by atoms with E-state index in [2.05, 4.69) is 21.0 Å². The lowest BCUT2D eigenvalue weighted by atomic mass is 10.3. The molecule has 0 aliphatic carbocycles. The molecule has 96 valence electrons. The Labute approximate surface area is 115 Å². The van der Waals surface area contributed by atoms with Crippen molar-refractivity contribution in [1.82, 2.24) is 9.78 Å². The van der Waals surface area contributed by atoms with Crippen LogP contribution in [0, 0.1) is 0 Å². The van der Waals surface area contributed by atoms with Crippen molar-refractivity contribution in [2.75, 3.05) is 5.73 Å². The van der Waals surface area contributed by atoms with Crippen molar-refractivity contribution < 1.29 is 4.74 Å². The van der Waals surface area contributed by atoms with Gasteiger partial charge in [-0.25, -0.2) is 4.68 Å². The molecule has 4 nitrogen and oxygen atoms in total. The van der Waals surface area contributed by atoms with Crippen molar-refractivity contribution in [2.45, 2.75) is 26.5 Å². The molecular formula is C13H16BrN3O. The van der Waals surface area contributed by atoms with Gasteiger partial charge >= 0.3 is 0 Å². The van der Waals surface area contributed by atoms with Crippen LogP contribution in [-0.4, -0.2) is 9.78 Å². The van der Waals surface area contributed by atoms with E-state index in [0.29, 0.717) is 12.4 Å². The molecule has 1 aromatic heterocycles. The number of halogens is 1. The molecule has 0 amide bonds. The Kier molecular flexibility index (Phi) is 3.91. The highest BCUT2D eigenvalue weighted by Crippen LogP contribution is 2.18. The summed E-state index contributed by atoms with van der Waals surface area (Å²) in [7, 11) is 0. The van der Waals surface area contributed by atoms with Crippen LogP contribution >= 0.6 is 15.9 Å². The molecule has 0 fully saturated rings. The SMILES string of the molecule is CC(C)n1nc(COc2ccc(Br)cc2)cc1N. The number of aromatic nitrogens is 2. The maximum Gasteiger partial charge on any atom is 0.132 e. The molecule has 0 unspecified atom stereocenters. The summed E-state index contributed by atoms with van der Waals surface area (Å²) in [4.78, 5) is 0. The smallest absolute Gasteiger partial charge is 0.132 e. The van der Waals surface area contributed by atoms with Crippen LogP contribution in [0.5, 0.6) is 5.75 Å². The molecule has 18 heavy (non-hydrogen) atoms. The number of hydrogen-bond acceptors (Lipinski definition) is 3. The van der Waals surface area contributed by atoms with Crippen LogP contribution in [-0.2, 0) is 6.61 Å². The van der Waals surface area contributed by atoms with Crippen molar-refractivity contribution in [2.24, 2.45) is 0 Å². The molecule has 1 aromatic carbocycles. The predicted molar refractivity (Wildman–Crippen MR) is 75.5 cm³/mol. The third-order valence-corrected chi connectivity index (χ3v) is 3.03. The number of ether oxygens (including phenoxy) is 1. The van der Waals surface area contributed by atoms with Crippen molar-refractivity contribution in [3.8, 4) is 5.75 Å². The van der Waals surface area contributed by atoms with E-state index < -0.39 is 0 Å². The lowest BCUT2D eigenvalue weighted by Crippen LogP contribution is -2.07. The molecule has 0 aliphatic heterocycles. The van der Waals surface area contributed by atoms with E-state index in [1.807, 2.05) is 44.2 Å². The minimum Gasteiger partial charge on any atom is -0.487 e. The van der Waals surface area contributed by atoms with Gasteiger partial charge in [-0.1, -0.05) is 15.9 Å². The van der Waals surface area contributed by atoms with Crippen molar-refractivity contribution >= 4 is 21.7 Å². The predicted octanol–water partition coefficient (Wildman–Crippen LogP) is 3.39. The van der Waals surface area contributed by atoms with E-state index in [1.54, 1.807) is 4.68 Å². The van der Waals surface area contributed by atoms with Gasteiger partial charge < -0.3 is 10.5 Å². The summed E-state index contributed by atoms with van der Waals surface area (Å²) in [5.74, 6) is 1.48. The third-order valence-electron chi connectivity index (χ3n) is 2.50. The second-order valence-corrected chi connectivity index (χ2v) is 5.26. The monoisotopic (exact) mass is 309 g/mol. The van der Waals surface area contributed by atoms with Gasteiger partial charge in [0, 0.05) is 16.6 Å². The molecule has 5 heteroatoms. The average molecular weight is 310 g/mol. The van der Waals surface area contributed by atoms with E-state index >= 15 is 0 Å². The summed E-state index contributed by atoms with van der Waals surface area (Å²) >= 11 is 3.38. The van der Waals surface area contributed by atoms with Gasteiger partial charge in [-0.05, 0) is 38.1 Å². The first-order valence-electron chi connectivity index (χ1n) is 5.78. The van der Waals surface area contributed by atoms with Crippen molar-refractivity contribution in [1.29, 1.82) is 0 Å². The fraction of sp³-hybridized carbons (Fsp3) is 0.308. The molecule has 0 radical (unpaired) electrons. The summed E-state index contributed by atoms with van der Waals surface area (Å²) in [6, 6.07) is 9.80. The molecule has 0 saturated carbocycles. The van der Waals surface area contributed by atoms with Crippen LogP contribution in [0.2, 0.25) is 0 Å². The summed E-state index contributed by atoms with van der Waals surface area (Å²) in [5.41, 5.74) is 6.71. The first-order valence-corrected chi connectivity index (χ1v) is 6.58. The van der Waals surface area contributed by atoms with Crippen LogP contribution in [0.3, 0.4) is 0 Å². The quantitative estimate of drug-likeness (QED) is 0.942. The minimum absolute atomic E-state index is 0.256. The first kappa shape index (κ1) is 13.0. The molecular weight excluding hydrogens is 294 g/mol. The molecule has 2 N–H and O–H groups in total. The standard InChI is InChI=1S/C13H16BrN3O/c1-9(2)17-13(15)7-11(16-17)8-18-12-5-3-10(14)4-6-12/h3-7,9H,8,15H2,1-2H3. The Morgan fingerprint density at radius 3 is 2.56 bits per heavy atom. The Morgan fingerprint density at radius 1 is 1.33 bits per heavy atom. The fourth-order valence-corrected chi connectivity index (χ4v) is 1.90. The summed E-state index contributed by atoms with van der Waals surface area (Å²) < 4.78 is 8.47. The topological polar surface area (TPSA) is 53.1 Å². The van der Waals surface area contributed by atoms with Crippen LogP contribution < -0.4 is 10.5 Å². The van der Waals surface area contributed by atoms with E-state index in [0.717, 1.165) is 15.9 Å². The number of rotatable bonds is 4. The number of hydrogen-bond donors (Lipinski definition) is 1. The third kappa shape index (κ3) is 3.04. The Morgan fingerprint density at radius 2 is 2.00 bits per heavy atom. The highest BCUT2D eigenvalue weighted by molar-refractivity contribution is 9.10. The molecule has 0 aliphatic rings. The molecule has 2 rings (SSSR count). The minimum atomic E-state index is 0.256. The highest BCUT2D eigenvalue weighted by Gasteiger charge is 2.08. The molecule has 2 aromatic rings. The van der Waals surface area contributed by atoms with Crippen molar-refractivity contribution in [3.63, 3.8) is 0 Å². The van der Waals surface area contributed by atoms with Crippen molar-refractivity contribution in [3.05, 3.63) is 40.5 Å². The van der Waals surface area contributed by atoms with Crippen LogP contribution in [0.25, 0.3) is 0 Å². The number of nitrogens with zero attached hydrogens (tertiary/aromatic N) is 2.